The summed E-state index contributed by atoms with van der Waals surface area (Å²) in [7, 11) is 2.16. The number of ether oxygens (including phenoxy) is 2. The first kappa shape index (κ1) is 15.0. The number of benzene rings is 1. The monoisotopic (exact) mass is 290 g/mol. The highest BCUT2D eigenvalue weighted by atomic mass is 16.7. The molecule has 116 valence electrons. The summed E-state index contributed by atoms with van der Waals surface area (Å²) in [5.74, 6) is -0.374. The van der Waals surface area contributed by atoms with E-state index in [1.807, 2.05) is 0 Å². The normalized spacial score (nSPS) is 28.4. The van der Waals surface area contributed by atoms with Gasteiger partial charge in [-0.2, -0.15) is 0 Å². The van der Waals surface area contributed by atoms with Gasteiger partial charge in [0.1, 0.15) is 0 Å². The third-order valence-electron chi connectivity index (χ3n) is 4.93. The summed E-state index contributed by atoms with van der Waals surface area (Å²) in [6.07, 6.45) is 2.75. The summed E-state index contributed by atoms with van der Waals surface area (Å²) in [4.78, 5) is 2.36. The lowest BCUT2D eigenvalue weighted by molar-refractivity contribution is -0.191. The van der Waals surface area contributed by atoms with Crippen molar-refractivity contribution in [2.75, 3.05) is 20.3 Å². The van der Waals surface area contributed by atoms with Gasteiger partial charge in [0.25, 0.3) is 0 Å². The summed E-state index contributed by atoms with van der Waals surface area (Å²) in [6, 6.07) is 9.03. The fourth-order valence-corrected chi connectivity index (χ4v) is 3.57. The fraction of sp³-hybridized carbons (Fsp3) is 0.647. The van der Waals surface area contributed by atoms with Crippen LogP contribution in [-0.2, 0) is 16.0 Å². The van der Waals surface area contributed by atoms with Crippen molar-refractivity contribution in [1.29, 1.82) is 0 Å². The van der Waals surface area contributed by atoms with Crippen LogP contribution in [0.3, 0.4) is 0 Å². The van der Waals surface area contributed by atoms with Crippen molar-refractivity contribution in [2.45, 2.75) is 50.6 Å². The molecule has 0 bridgehead atoms. The summed E-state index contributed by atoms with van der Waals surface area (Å²) in [5.41, 5.74) is 9.06. The Labute approximate surface area is 127 Å². The predicted octanol–water partition coefficient (Wildman–Crippen LogP) is 2.05. The first-order valence-corrected chi connectivity index (χ1v) is 7.88. The minimum absolute atomic E-state index is 0.192. The highest BCUT2D eigenvalue weighted by molar-refractivity contribution is 5.25. The van der Waals surface area contributed by atoms with E-state index in [1.165, 1.54) is 11.1 Å². The number of likely N-dealkylation sites (N-methyl/N-ethyl adjacent to an activating group) is 1. The van der Waals surface area contributed by atoms with Crippen molar-refractivity contribution in [3.63, 3.8) is 0 Å². The van der Waals surface area contributed by atoms with E-state index in [9.17, 15) is 0 Å². The van der Waals surface area contributed by atoms with Crippen molar-refractivity contribution >= 4 is 0 Å². The van der Waals surface area contributed by atoms with Gasteiger partial charge in [0.2, 0.25) is 0 Å². The van der Waals surface area contributed by atoms with Crippen molar-refractivity contribution < 1.29 is 9.47 Å². The Balaban J connectivity index is 1.70. The van der Waals surface area contributed by atoms with E-state index >= 15 is 0 Å². The molecule has 1 aliphatic heterocycles. The zero-order valence-corrected chi connectivity index (χ0v) is 13.0. The third kappa shape index (κ3) is 3.14. The molecule has 0 amide bonds. The molecule has 1 saturated heterocycles. The molecule has 0 aromatic heterocycles. The molecule has 21 heavy (non-hydrogen) atoms. The molecule has 3 rings (SSSR count). The standard InChI is InChI=1S/C17H26N2O2/c1-13-5-3-4-6-14(13)12-19(2)16-11-17(8-7-15(16)18)20-9-10-21-17/h3-6,15-16H,7-12,18H2,1-2H3. The van der Waals surface area contributed by atoms with Crippen LogP contribution in [0, 0.1) is 6.92 Å². The number of aryl methyl sites for hydroxylation is 1. The van der Waals surface area contributed by atoms with Crippen LogP contribution < -0.4 is 5.73 Å². The molecule has 2 fully saturated rings. The van der Waals surface area contributed by atoms with E-state index in [1.54, 1.807) is 0 Å². The number of nitrogens with zero attached hydrogens (tertiary/aromatic N) is 1. The number of hydrogen-bond acceptors (Lipinski definition) is 4. The largest absolute Gasteiger partial charge is 0.347 e. The highest BCUT2D eigenvalue weighted by Crippen LogP contribution is 2.37. The topological polar surface area (TPSA) is 47.7 Å². The quantitative estimate of drug-likeness (QED) is 0.925. The molecule has 1 aliphatic carbocycles. The molecular weight excluding hydrogens is 264 g/mol. The second kappa shape index (κ2) is 6.05. The first-order valence-electron chi connectivity index (χ1n) is 7.88. The van der Waals surface area contributed by atoms with Crippen molar-refractivity contribution in [3.8, 4) is 0 Å². The lowest BCUT2D eigenvalue weighted by Crippen LogP contribution is -2.55. The Morgan fingerprint density at radius 2 is 2.00 bits per heavy atom. The maximum absolute atomic E-state index is 6.37. The minimum atomic E-state index is -0.374. The highest BCUT2D eigenvalue weighted by Gasteiger charge is 2.45. The predicted molar refractivity (Wildman–Crippen MR) is 82.9 cm³/mol. The summed E-state index contributed by atoms with van der Waals surface area (Å²) in [6.45, 7) is 4.50. The van der Waals surface area contributed by atoms with Gasteiger partial charge in [-0.1, -0.05) is 24.3 Å². The third-order valence-corrected chi connectivity index (χ3v) is 4.93. The second-order valence-electron chi connectivity index (χ2n) is 6.42. The lowest BCUT2D eigenvalue weighted by Gasteiger charge is -2.43. The zero-order valence-electron chi connectivity index (χ0n) is 13.0. The van der Waals surface area contributed by atoms with Crippen molar-refractivity contribution in [2.24, 2.45) is 5.73 Å². The van der Waals surface area contributed by atoms with E-state index < -0.39 is 0 Å². The van der Waals surface area contributed by atoms with Crippen LogP contribution in [0.5, 0.6) is 0 Å². The van der Waals surface area contributed by atoms with Crippen molar-refractivity contribution in [1.82, 2.24) is 4.90 Å². The molecule has 2 atom stereocenters. The number of rotatable bonds is 3. The molecular formula is C17H26N2O2. The van der Waals surface area contributed by atoms with E-state index in [0.29, 0.717) is 19.3 Å². The van der Waals surface area contributed by atoms with E-state index in [-0.39, 0.29) is 11.8 Å². The van der Waals surface area contributed by atoms with Gasteiger partial charge in [-0.25, -0.2) is 0 Å². The number of nitrogens with two attached hydrogens (primary N) is 1. The van der Waals surface area contributed by atoms with Gasteiger partial charge in [-0.05, 0) is 31.5 Å². The molecule has 2 aliphatic rings. The van der Waals surface area contributed by atoms with Gasteiger partial charge in [-0.3, -0.25) is 4.90 Å². The summed E-state index contributed by atoms with van der Waals surface area (Å²) < 4.78 is 11.8. The van der Waals surface area contributed by atoms with Crippen LogP contribution in [0.15, 0.2) is 24.3 Å². The van der Waals surface area contributed by atoms with Gasteiger partial charge in [0.15, 0.2) is 5.79 Å². The van der Waals surface area contributed by atoms with Gasteiger partial charge in [0, 0.05) is 31.5 Å². The van der Waals surface area contributed by atoms with Crippen LogP contribution >= 0.6 is 0 Å². The van der Waals surface area contributed by atoms with Crippen LogP contribution in [0.1, 0.15) is 30.4 Å². The molecule has 4 heteroatoms. The Hall–Kier alpha value is -0.940. The van der Waals surface area contributed by atoms with Crippen LogP contribution in [0.2, 0.25) is 0 Å². The molecule has 2 unspecified atom stereocenters. The molecule has 1 heterocycles. The Kier molecular flexibility index (Phi) is 4.31. The second-order valence-corrected chi connectivity index (χ2v) is 6.42. The SMILES string of the molecule is Cc1ccccc1CN(C)C1CC2(CCC1N)OCCO2. The average molecular weight is 290 g/mol. The summed E-state index contributed by atoms with van der Waals surface area (Å²) >= 11 is 0. The van der Waals surface area contributed by atoms with Gasteiger partial charge < -0.3 is 15.2 Å². The van der Waals surface area contributed by atoms with Gasteiger partial charge in [0.05, 0.1) is 13.2 Å². The molecule has 1 aromatic carbocycles. The van der Waals surface area contributed by atoms with Gasteiger partial charge in [-0.15, -0.1) is 0 Å². The molecule has 1 aromatic rings. The van der Waals surface area contributed by atoms with Crippen LogP contribution in [0.4, 0.5) is 0 Å². The first-order chi connectivity index (χ1) is 10.1. The van der Waals surface area contributed by atoms with Gasteiger partial charge >= 0.3 is 0 Å². The fourth-order valence-electron chi connectivity index (χ4n) is 3.57. The average Bonchev–Trinajstić information content (AvgIpc) is 2.93. The molecule has 1 saturated carbocycles. The Morgan fingerprint density at radius 1 is 1.29 bits per heavy atom. The summed E-state index contributed by atoms with van der Waals surface area (Å²) in [5, 5.41) is 0. The Morgan fingerprint density at radius 3 is 2.71 bits per heavy atom. The Bertz CT molecular complexity index is 485. The molecule has 4 nitrogen and oxygen atoms in total. The molecule has 0 radical (unpaired) electrons. The smallest absolute Gasteiger partial charge is 0.170 e. The van der Waals surface area contributed by atoms with Crippen LogP contribution in [-0.4, -0.2) is 43.0 Å². The van der Waals surface area contributed by atoms with Crippen molar-refractivity contribution in [3.05, 3.63) is 35.4 Å². The van der Waals surface area contributed by atoms with E-state index in [4.69, 9.17) is 15.2 Å². The van der Waals surface area contributed by atoms with Crippen LogP contribution in [0.25, 0.3) is 0 Å². The number of hydrogen-bond donors (Lipinski definition) is 1. The van der Waals surface area contributed by atoms with E-state index in [0.717, 1.165) is 25.8 Å². The molecule has 2 N–H and O–H groups in total. The minimum Gasteiger partial charge on any atom is -0.347 e. The maximum Gasteiger partial charge on any atom is 0.170 e. The molecule has 1 spiro atoms. The van der Waals surface area contributed by atoms with E-state index in [2.05, 4.69) is 43.1 Å². The zero-order chi connectivity index (χ0) is 14.9. The maximum atomic E-state index is 6.37. The lowest BCUT2D eigenvalue weighted by atomic mass is 9.85.